The molecule has 18 heavy (non-hydrogen) atoms. The number of phenolic OH excluding ortho intramolecular Hbond substituents is 1. The molecule has 2 N–H and O–H groups in total. The maximum Gasteiger partial charge on any atom is 0.120 e. The first-order chi connectivity index (χ1) is 8.81. The molecular weight excluding hydrogens is 262 g/mol. The van der Waals surface area contributed by atoms with E-state index in [4.69, 9.17) is 0 Å². The summed E-state index contributed by atoms with van der Waals surface area (Å²) in [4.78, 5) is 0. The molecule has 1 fully saturated rings. The van der Waals surface area contributed by atoms with Gasteiger partial charge in [-0.3, -0.25) is 0 Å². The van der Waals surface area contributed by atoms with Gasteiger partial charge in [-0.25, -0.2) is 0 Å². The molecule has 4 heteroatoms. The minimum atomic E-state index is 0.263. The normalized spacial score (nSPS) is 21.7. The Kier molecular flexibility index (Phi) is 5.73. The Morgan fingerprint density at radius 3 is 2.89 bits per heavy atom. The van der Waals surface area contributed by atoms with Gasteiger partial charge >= 0.3 is 0 Å². The highest BCUT2D eigenvalue weighted by molar-refractivity contribution is 8.06. The van der Waals surface area contributed by atoms with Crippen LogP contribution in [0.15, 0.2) is 24.3 Å². The molecule has 2 nitrogen and oxygen atoms in total. The molecule has 0 saturated carbocycles. The number of phenols is 1. The molecule has 0 aliphatic carbocycles. The molecule has 100 valence electrons. The van der Waals surface area contributed by atoms with Crippen molar-refractivity contribution in [3.8, 4) is 5.75 Å². The summed E-state index contributed by atoms with van der Waals surface area (Å²) in [5.41, 5.74) is 1.02. The van der Waals surface area contributed by atoms with Gasteiger partial charge in [-0.2, -0.15) is 23.5 Å². The molecule has 0 spiro atoms. The molecule has 0 radical (unpaired) electrons. The lowest BCUT2D eigenvalue weighted by Gasteiger charge is -2.25. The standard InChI is InChI=1S/C14H21NOS2/c1-2-13(12-5-3-4-6-14(12)16)15-9-11-10-17-7-8-18-11/h3-6,11,13,15-16H,2,7-10H2,1H3/t11-,13+/m0/s1. The fourth-order valence-electron chi connectivity index (χ4n) is 2.18. The molecule has 2 atom stereocenters. The van der Waals surface area contributed by atoms with Crippen LogP contribution in [-0.2, 0) is 0 Å². The average molecular weight is 283 g/mol. The summed E-state index contributed by atoms with van der Waals surface area (Å²) in [5, 5.41) is 14.2. The highest BCUT2D eigenvalue weighted by Crippen LogP contribution is 2.27. The summed E-state index contributed by atoms with van der Waals surface area (Å²) in [7, 11) is 0. The van der Waals surface area contributed by atoms with Gasteiger partial charge in [0.1, 0.15) is 5.75 Å². The molecule has 1 aromatic carbocycles. The third kappa shape index (κ3) is 3.84. The van der Waals surface area contributed by atoms with Crippen LogP contribution >= 0.6 is 23.5 Å². The zero-order chi connectivity index (χ0) is 12.8. The molecule has 2 rings (SSSR count). The molecule has 0 aromatic heterocycles. The second-order valence-electron chi connectivity index (χ2n) is 4.50. The molecule has 0 unspecified atom stereocenters. The lowest BCUT2D eigenvalue weighted by atomic mass is 10.0. The molecular formula is C14H21NOS2. The van der Waals surface area contributed by atoms with Gasteiger partial charge in [0.05, 0.1) is 0 Å². The van der Waals surface area contributed by atoms with Crippen LogP contribution in [0.1, 0.15) is 24.9 Å². The van der Waals surface area contributed by atoms with Crippen molar-refractivity contribution in [1.29, 1.82) is 0 Å². The van der Waals surface area contributed by atoms with Gasteiger partial charge in [-0.1, -0.05) is 25.1 Å². The first-order valence-corrected chi connectivity index (χ1v) is 8.72. The van der Waals surface area contributed by atoms with Crippen LogP contribution < -0.4 is 5.32 Å². The van der Waals surface area contributed by atoms with Crippen LogP contribution in [0.2, 0.25) is 0 Å². The number of aromatic hydroxyl groups is 1. The van der Waals surface area contributed by atoms with Crippen molar-refractivity contribution >= 4 is 23.5 Å². The van der Waals surface area contributed by atoms with E-state index < -0.39 is 0 Å². The quantitative estimate of drug-likeness (QED) is 0.868. The van der Waals surface area contributed by atoms with E-state index in [0.29, 0.717) is 11.0 Å². The van der Waals surface area contributed by atoms with Gasteiger partial charge in [0, 0.05) is 40.7 Å². The van der Waals surface area contributed by atoms with Crippen molar-refractivity contribution in [2.75, 3.05) is 23.8 Å². The lowest BCUT2D eigenvalue weighted by molar-refractivity contribution is 0.442. The van der Waals surface area contributed by atoms with Crippen molar-refractivity contribution < 1.29 is 5.11 Å². The van der Waals surface area contributed by atoms with Gasteiger partial charge in [0.2, 0.25) is 0 Å². The predicted octanol–water partition coefficient (Wildman–Crippen LogP) is 3.28. The molecule has 1 heterocycles. The van der Waals surface area contributed by atoms with Crippen LogP contribution in [0.4, 0.5) is 0 Å². The van der Waals surface area contributed by atoms with Gasteiger partial charge in [-0.05, 0) is 12.5 Å². The van der Waals surface area contributed by atoms with Crippen LogP contribution in [0.3, 0.4) is 0 Å². The van der Waals surface area contributed by atoms with E-state index in [2.05, 4.69) is 35.8 Å². The second-order valence-corrected chi connectivity index (χ2v) is 7.05. The number of benzene rings is 1. The van der Waals surface area contributed by atoms with Gasteiger partial charge < -0.3 is 10.4 Å². The Morgan fingerprint density at radius 2 is 2.22 bits per heavy atom. The number of rotatable bonds is 5. The Balaban J connectivity index is 1.91. The molecule has 1 saturated heterocycles. The van der Waals surface area contributed by atoms with E-state index in [0.717, 1.165) is 18.5 Å². The van der Waals surface area contributed by atoms with Crippen molar-refractivity contribution in [2.24, 2.45) is 0 Å². The topological polar surface area (TPSA) is 32.3 Å². The zero-order valence-corrected chi connectivity index (χ0v) is 12.4. The first-order valence-electron chi connectivity index (χ1n) is 6.52. The third-order valence-electron chi connectivity index (χ3n) is 3.20. The largest absolute Gasteiger partial charge is 0.508 e. The van der Waals surface area contributed by atoms with Crippen LogP contribution in [0.25, 0.3) is 0 Å². The predicted molar refractivity (Wildman–Crippen MR) is 82.7 cm³/mol. The average Bonchev–Trinajstić information content (AvgIpc) is 2.42. The van der Waals surface area contributed by atoms with E-state index in [9.17, 15) is 5.11 Å². The van der Waals surface area contributed by atoms with Gasteiger partial charge in [-0.15, -0.1) is 0 Å². The highest BCUT2D eigenvalue weighted by Gasteiger charge is 2.17. The third-order valence-corrected chi connectivity index (χ3v) is 6.04. The van der Waals surface area contributed by atoms with Crippen molar-refractivity contribution in [3.05, 3.63) is 29.8 Å². The number of nitrogens with one attached hydrogen (secondary N) is 1. The fourth-order valence-corrected chi connectivity index (χ4v) is 4.81. The van der Waals surface area contributed by atoms with Gasteiger partial charge in [0.15, 0.2) is 0 Å². The summed E-state index contributed by atoms with van der Waals surface area (Å²) in [6.45, 7) is 3.19. The number of para-hydroxylation sites is 1. The lowest BCUT2D eigenvalue weighted by Crippen LogP contribution is -2.31. The Hall–Kier alpha value is -0.320. The zero-order valence-electron chi connectivity index (χ0n) is 10.8. The first kappa shape index (κ1) is 14.1. The summed E-state index contributed by atoms with van der Waals surface area (Å²) in [6, 6.07) is 7.91. The van der Waals surface area contributed by atoms with E-state index in [-0.39, 0.29) is 6.04 Å². The van der Waals surface area contributed by atoms with Crippen molar-refractivity contribution in [2.45, 2.75) is 24.6 Å². The van der Waals surface area contributed by atoms with Crippen LogP contribution in [-0.4, -0.2) is 34.2 Å². The number of thioether (sulfide) groups is 2. The summed E-state index contributed by atoms with van der Waals surface area (Å²) in [6.07, 6.45) is 1.00. The van der Waals surface area contributed by atoms with Crippen molar-refractivity contribution in [3.63, 3.8) is 0 Å². The summed E-state index contributed by atoms with van der Waals surface area (Å²) >= 11 is 4.12. The number of hydrogen-bond acceptors (Lipinski definition) is 4. The van der Waals surface area contributed by atoms with Crippen LogP contribution in [0, 0.1) is 0 Å². The highest BCUT2D eigenvalue weighted by atomic mass is 32.2. The van der Waals surface area contributed by atoms with E-state index >= 15 is 0 Å². The number of hydrogen-bond donors (Lipinski definition) is 2. The summed E-state index contributed by atoms with van der Waals surface area (Å²) < 4.78 is 0. The maximum atomic E-state index is 9.90. The monoisotopic (exact) mass is 283 g/mol. The maximum absolute atomic E-state index is 9.90. The molecule has 1 aliphatic heterocycles. The minimum absolute atomic E-state index is 0.263. The van der Waals surface area contributed by atoms with E-state index in [1.54, 1.807) is 6.07 Å². The van der Waals surface area contributed by atoms with Crippen molar-refractivity contribution in [1.82, 2.24) is 5.32 Å². The Morgan fingerprint density at radius 1 is 1.39 bits per heavy atom. The van der Waals surface area contributed by atoms with Crippen LogP contribution in [0.5, 0.6) is 5.75 Å². The Labute approximate surface area is 118 Å². The fraction of sp³-hybridized carbons (Fsp3) is 0.571. The Bertz CT molecular complexity index is 367. The molecule has 0 amide bonds. The van der Waals surface area contributed by atoms with E-state index in [1.165, 1.54) is 17.3 Å². The summed E-state index contributed by atoms with van der Waals surface area (Å²) in [5.74, 6) is 4.21. The minimum Gasteiger partial charge on any atom is -0.508 e. The second kappa shape index (κ2) is 7.31. The molecule has 1 aromatic rings. The SMILES string of the molecule is CC[C@@H](NC[C@H]1CSCCS1)c1ccccc1O. The smallest absolute Gasteiger partial charge is 0.120 e. The molecule has 1 aliphatic rings. The van der Waals surface area contributed by atoms with E-state index in [1.807, 2.05) is 18.2 Å². The molecule has 0 bridgehead atoms. The van der Waals surface area contributed by atoms with Gasteiger partial charge in [0.25, 0.3) is 0 Å².